The molecule has 140 valence electrons. The molecule has 27 heavy (non-hydrogen) atoms. The Hall–Kier alpha value is -3.20. The fourth-order valence-electron chi connectivity index (χ4n) is 2.83. The molecule has 0 bridgehead atoms. The predicted octanol–water partition coefficient (Wildman–Crippen LogP) is 0.371. The van der Waals surface area contributed by atoms with Crippen LogP contribution in [-0.4, -0.2) is 42.7 Å². The Morgan fingerprint density at radius 1 is 1.41 bits per heavy atom. The highest BCUT2D eigenvalue weighted by Gasteiger charge is 2.43. The summed E-state index contributed by atoms with van der Waals surface area (Å²) in [5.74, 6) is -2.37. The Morgan fingerprint density at radius 2 is 2.15 bits per heavy atom. The number of carbonyl (C=O) groups excluding carboxylic acids is 1. The van der Waals surface area contributed by atoms with Gasteiger partial charge in [0.1, 0.15) is 23.8 Å². The van der Waals surface area contributed by atoms with E-state index in [1.165, 1.54) is 6.07 Å². The zero-order valence-electron chi connectivity index (χ0n) is 13.7. The zero-order valence-corrected chi connectivity index (χ0v) is 14.5. The molecule has 0 atom stereocenters. The number of nitriles is 1. The molecule has 2 aliphatic rings. The number of phenolic OH excluding ortho intramolecular Hbond substituents is 1. The number of hydrogen-bond acceptors (Lipinski definition) is 8. The molecular weight excluding hydrogens is 379 g/mol. The minimum Gasteiger partial charge on any atom is -0.506 e. The summed E-state index contributed by atoms with van der Waals surface area (Å²) >= 11 is 0. The molecule has 0 spiro atoms. The normalized spacial score (nSPS) is 19.6. The summed E-state index contributed by atoms with van der Waals surface area (Å²) in [6.45, 7) is -0.318. The number of aromatic hydroxyl groups is 1. The number of aromatic nitrogens is 2. The van der Waals surface area contributed by atoms with Crippen LogP contribution in [0.15, 0.2) is 12.1 Å². The van der Waals surface area contributed by atoms with Gasteiger partial charge in [0.2, 0.25) is 0 Å². The van der Waals surface area contributed by atoms with Crippen LogP contribution < -0.4 is 14.3 Å². The molecule has 1 saturated heterocycles. The maximum absolute atomic E-state index is 15.0. The third-order valence-electron chi connectivity index (χ3n) is 4.55. The molecule has 1 saturated carbocycles. The number of carbonyl (C=O) groups is 1. The Balaban J connectivity index is 1.75. The van der Waals surface area contributed by atoms with Crippen LogP contribution in [0.4, 0.5) is 15.9 Å². The number of nitrogens with zero attached hydrogens (tertiary/aromatic N) is 4. The lowest BCUT2D eigenvalue weighted by molar-refractivity contribution is -0.117. The second-order valence-electron chi connectivity index (χ2n) is 6.50. The summed E-state index contributed by atoms with van der Waals surface area (Å²) in [6.07, 6.45) is 1.52. The van der Waals surface area contributed by atoms with E-state index in [-0.39, 0.29) is 16.7 Å². The molecule has 1 aromatic carbocycles. The maximum atomic E-state index is 15.0. The fraction of sp³-hybridized carbons (Fsp3) is 0.333. The molecule has 1 aromatic heterocycles. The molecule has 0 radical (unpaired) electrons. The third kappa shape index (κ3) is 2.85. The van der Waals surface area contributed by atoms with Crippen molar-refractivity contribution < 1.29 is 22.7 Å². The Kier molecular flexibility index (Phi) is 3.60. The van der Waals surface area contributed by atoms with Crippen LogP contribution >= 0.6 is 0 Å². The molecule has 1 amide bonds. The lowest BCUT2D eigenvalue weighted by atomic mass is 10.1. The molecule has 4 rings (SSSR count). The van der Waals surface area contributed by atoms with Gasteiger partial charge in [-0.15, -0.1) is 10.2 Å². The standard InChI is InChI=1S/C15H13FN6O4S/c16-13-8-3-11(18-7-15(6-17)1-2-15)20-19-9(8)4-10(23)14(13)22-5-12(24)21-27(22,25)26/h3-4,23H,1-2,5,7H2,(H,18,20)(H,21,24). The van der Waals surface area contributed by atoms with Crippen molar-refractivity contribution in [1.82, 2.24) is 14.9 Å². The lowest BCUT2D eigenvalue weighted by Gasteiger charge is -2.18. The fourth-order valence-corrected chi connectivity index (χ4v) is 3.99. The van der Waals surface area contributed by atoms with Crippen LogP contribution in [-0.2, 0) is 15.0 Å². The first kappa shape index (κ1) is 17.2. The summed E-state index contributed by atoms with van der Waals surface area (Å²) in [5, 5.41) is 29.7. The summed E-state index contributed by atoms with van der Waals surface area (Å²) in [6, 6.07) is 4.59. The van der Waals surface area contributed by atoms with E-state index in [2.05, 4.69) is 21.6 Å². The van der Waals surface area contributed by atoms with Gasteiger partial charge in [-0.3, -0.25) is 4.79 Å². The van der Waals surface area contributed by atoms with E-state index >= 15 is 4.39 Å². The van der Waals surface area contributed by atoms with Crippen molar-refractivity contribution in [2.24, 2.45) is 5.41 Å². The maximum Gasteiger partial charge on any atom is 0.326 e. The first-order valence-corrected chi connectivity index (χ1v) is 9.36. The molecule has 3 N–H and O–H groups in total. The predicted molar refractivity (Wildman–Crippen MR) is 91.3 cm³/mol. The SMILES string of the molecule is N#CC1(CNc2cc3c(F)c(N4CC(=O)NS4(=O)=O)c(O)cc3nn2)CC1. The molecule has 2 aromatic rings. The average Bonchev–Trinajstić information content (AvgIpc) is 3.34. The van der Waals surface area contributed by atoms with E-state index in [0.29, 0.717) is 10.8 Å². The van der Waals surface area contributed by atoms with Crippen LogP contribution in [0, 0.1) is 22.6 Å². The lowest BCUT2D eigenvalue weighted by Crippen LogP contribution is -2.30. The van der Waals surface area contributed by atoms with Crippen molar-refractivity contribution in [3.05, 3.63) is 17.9 Å². The molecule has 1 aliphatic carbocycles. The molecule has 2 fully saturated rings. The molecule has 0 unspecified atom stereocenters. The molecule has 2 heterocycles. The van der Waals surface area contributed by atoms with Crippen LogP contribution in [0.5, 0.6) is 5.75 Å². The van der Waals surface area contributed by atoms with Gasteiger partial charge in [-0.2, -0.15) is 13.7 Å². The number of anilines is 2. The van der Waals surface area contributed by atoms with E-state index in [1.54, 1.807) is 4.72 Å². The topological polar surface area (TPSA) is 148 Å². The van der Waals surface area contributed by atoms with E-state index < -0.39 is 45.3 Å². The average molecular weight is 392 g/mol. The van der Waals surface area contributed by atoms with Crippen molar-refractivity contribution in [2.45, 2.75) is 12.8 Å². The van der Waals surface area contributed by atoms with Crippen molar-refractivity contribution in [3.8, 4) is 11.8 Å². The van der Waals surface area contributed by atoms with Crippen molar-refractivity contribution in [2.75, 3.05) is 22.7 Å². The summed E-state index contributed by atoms with van der Waals surface area (Å²) in [4.78, 5) is 11.4. The smallest absolute Gasteiger partial charge is 0.326 e. The number of amides is 1. The highest BCUT2D eigenvalue weighted by Crippen LogP contribution is 2.45. The van der Waals surface area contributed by atoms with Crippen LogP contribution in [0.2, 0.25) is 0 Å². The van der Waals surface area contributed by atoms with E-state index in [1.807, 2.05) is 0 Å². The molecule has 10 nitrogen and oxygen atoms in total. The number of phenols is 1. The Morgan fingerprint density at radius 3 is 2.74 bits per heavy atom. The van der Waals surface area contributed by atoms with Gasteiger partial charge < -0.3 is 10.4 Å². The molecule has 1 aliphatic heterocycles. The Bertz CT molecular complexity index is 1130. The summed E-state index contributed by atoms with van der Waals surface area (Å²) < 4.78 is 41.2. The van der Waals surface area contributed by atoms with E-state index in [9.17, 15) is 18.3 Å². The number of hydrogen-bond donors (Lipinski definition) is 3. The minimum absolute atomic E-state index is 0.0107. The first-order valence-electron chi connectivity index (χ1n) is 7.92. The van der Waals surface area contributed by atoms with Crippen molar-refractivity contribution in [3.63, 3.8) is 0 Å². The van der Waals surface area contributed by atoms with Gasteiger partial charge in [-0.1, -0.05) is 0 Å². The summed E-state index contributed by atoms with van der Waals surface area (Å²) in [7, 11) is -4.29. The monoisotopic (exact) mass is 392 g/mol. The first-order chi connectivity index (χ1) is 12.7. The van der Waals surface area contributed by atoms with Gasteiger partial charge in [0.25, 0.3) is 5.91 Å². The van der Waals surface area contributed by atoms with E-state index in [4.69, 9.17) is 5.26 Å². The van der Waals surface area contributed by atoms with Crippen LogP contribution in [0.3, 0.4) is 0 Å². The van der Waals surface area contributed by atoms with Gasteiger partial charge in [0.05, 0.1) is 17.0 Å². The number of rotatable bonds is 4. The number of halogens is 1. The second kappa shape index (κ2) is 5.65. The second-order valence-corrected chi connectivity index (χ2v) is 8.10. The summed E-state index contributed by atoms with van der Waals surface area (Å²) in [5.41, 5.74) is -1.09. The quantitative estimate of drug-likeness (QED) is 0.676. The number of fused-ring (bicyclic) bond motifs is 1. The van der Waals surface area contributed by atoms with Crippen molar-refractivity contribution in [1.29, 1.82) is 5.26 Å². The highest BCUT2D eigenvalue weighted by molar-refractivity contribution is 7.92. The van der Waals surface area contributed by atoms with Gasteiger partial charge in [-0.25, -0.2) is 13.4 Å². The number of nitrogens with one attached hydrogen (secondary N) is 2. The van der Waals surface area contributed by atoms with Crippen molar-refractivity contribution >= 4 is 38.5 Å². The van der Waals surface area contributed by atoms with Crippen LogP contribution in [0.25, 0.3) is 10.9 Å². The minimum atomic E-state index is -4.29. The van der Waals surface area contributed by atoms with Crippen LogP contribution in [0.1, 0.15) is 12.8 Å². The zero-order chi connectivity index (χ0) is 19.4. The largest absolute Gasteiger partial charge is 0.506 e. The third-order valence-corrected chi connectivity index (χ3v) is 5.93. The highest BCUT2D eigenvalue weighted by atomic mass is 32.2. The van der Waals surface area contributed by atoms with Gasteiger partial charge in [0, 0.05) is 18.0 Å². The van der Waals surface area contributed by atoms with E-state index in [0.717, 1.165) is 18.9 Å². The molecule has 12 heteroatoms. The van der Waals surface area contributed by atoms with Gasteiger partial charge in [0.15, 0.2) is 5.82 Å². The molecular formula is C15H13FN6O4S. The Labute approximate surface area is 152 Å². The van der Waals surface area contributed by atoms with Gasteiger partial charge >= 0.3 is 10.2 Å². The number of benzene rings is 1. The van der Waals surface area contributed by atoms with Gasteiger partial charge in [-0.05, 0) is 18.9 Å².